The van der Waals surface area contributed by atoms with Crippen LogP contribution in [0.5, 0.6) is 0 Å². The minimum Gasteiger partial charge on any atom is -0.462 e. The number of carbonyl (C=O) groups is 1. The van der Waals surface area contributed by atoms with Crippen LogP contribution in [-0.2, 0) is 9.53 Å². The number of hydrogen-bond acceptors (Lipinski definition) is 2. The SMILES string of the molecule is [B]C1=C(C(=O)OCC)C(C)=CC(C)C1C. The average molecular weight is 204 g/mol. The maximum absolute atomic E-state index is 11.7. The molecule has 1 aliphatic carbocycles. The van der Waals surface area contributed by atoms with Crippen LogP contribution in [0, 0.1) is 11.8 Å². The highest BCUT2D eigenvalue weighted by Gasteiger charge is 2.25. The van der Waals surface area contributed by atoms with Crippen molar-refractivity contribution in [2.75, 3.05) is 6.61 Å². The zero-order chi connectivity index (χ0) is 11.6. The van der Waals surface area contributed by atoms with Gasteiger partial charge < -0.3 is 4.74 Å². The molecule has 0 fully saturated rings. The molecule has 0 bridgehead atoms. The van der Waals surface area contributed by atoms with Crippen molar-refractivity contribution in [1.29, 1.82) is 0 Å². The molecule has 0 saturated heterocycles. The van der Waals surface area contributed by atoms with Gasteiger partial charge in [-0.2, -0.15) is 0 Å². The van der Waals surface area contributed by atoms with Gasteiger partial charge in [0.2, 0.25) is 0 Å². The summed E-state index contributed by atoms with van der Waals surface area (Å²) >= 11 is 0. The number of carbonyl (C=O) groups excluding carboxylic acids is 1. The van der Waals surface area contributed by atoms with E-state index in [2.05, 4.69) is 13.0 Å². The summed E-state index contributed by atoms with van der Waals surface area (Å²) in [7, 11) is 5.97. The number of ether oxygens (including phenoxy) is 1. The Morgan fingerprint density at radius 1 is 1.53 bits per heavy atom. The van der Waals surface area contributed by atoms with Gasteiger partial charge in [0.05, 0.1) is 12.2 Å². The minimum atomic E-state index is -0.303. The first-order valence-electron chi connectivity index (χ1n) is 5.34. The summed E-state index contributed by atoms with van der Waals surface area (Å²) in [6, 6.07) is 0. The molecule has 0 aromatic heterocycles. The summed E-state index contributed by atoms with van der Waals surface area (Å²) in [5.74, 6) is 0.277. The lowest BCUT2D eigenvalue weighted by Gasteiger charge is -2.27. The lowest BCUT2D eigenvalue weighted by Crippen LogP contribution is -2.22. The van der Waals surface area contributed by atoms with E-state index in [9.17, 15) is 4.79 Å². The molecule has 2 atom stereocenters. The molecule has 2 unspecified atom stereocenters. The maximum Gasteiger partial charge on any atom is 0.337 e. The predicted octanol–water partition coefficient (Wildman–Crippen LogP) is 2.20. The molecule has 0 heterocycles. The molecule has 0 spiro atoms. The Morgan fingerprint density at radius 3 is 2.67 bits per heavy atom. The molecule has 80 valence electrons. The van der Waals surface area contributed by atoms with E-state index in [4.69, 9.17) is 12.6 Å². The molecule has 0 aliphatic heterocycles. The number of hydrogen-bond donors (Lipinski definition) is 0. The van der Waals surface area contributed by atoms with Gasteiger partial charge in [-0.1, -0.05) is 25.4 Å². The van der Waals surface area contributed by atoms with Crippen LogP contribution < -0.4 is 0 Å². The summed E-state index contributed by atoms with van der Waals surface area (Å²) in [5.41, 5.74) is 2.14. The van der Waals surface area contributed by atoms with Crippen molar-refractivity contribution in [3.05, 3.63) is 22.7 Å². The third-order valence-electron chi connectivity index (χ3n) is 2.95. The lowest BCUT2D eigenvalue weighted by molar-refractivity contribution is -0.138. The third kappa shape index (κ3) is 2.33. The van der Waals surface area contributed by atoms with E-state index in [-0.39, 0.29) is 11.9 Å². The fourth-order valence-electron chi connectivity index (χ4n) is 1.84. The molecule has 1 rings (SSSR count). The highest BCUT2D eigenvalue weighted by molar-refractivity contribution is 6.25. The summed E-state index contributed by atoms with van der Waals surface area (Å²) in [5, 5.41) is 0. The lowest BCUT2D eigenvalue weighted by atomic mass is 9.70. The van der Waals surface area contributed by atoms with Crippen molar-refractivity contribution < 1.29 is 9.53 Å². The fourth-order valence-corrected chi connectivity index (χ4v) is 1.84. The van der Waals surface area contributed by atoms with Gasteiger partial charge in [-0.3, -0.25) is 0 Å². The maximum atomic E-state index is 11.7. The van der Waals surface area contributed by atoms with Crippen molar-refractivity contribution in [3.8, 4) is 0 Å². The molecule has 15 heavy (non-hydrogen) atoms. The Bertz CT molecular complexity index is 329. The topological polar surface area (TPSA) is 26.3 Å². The van der Waals surface area contributed by atoms with Crippen LogP contribution in [0.2, 0.25) is 0 Å². The van der Waals surface area contributed by atoms with E-state index in [0.29, 0.717) is 23.6 Å². The van der Waals surface area contributed by atoms with Crippen molar-refractivity contribution in [2.24, 2.45) is 11.8 Å². The van der Waals surface area contributed by atoms with Crippen molar-refractivity contribution in [2.45, 2.75) is 27.7 Å². The molecular weight excluding hydrogens is 187 g/mol. The van der Waals surface area contributed by atoms with Gasteiger partial charge in [-0.25, -0.2) is 4.79 Å². The van der Waals surface area contributed by atoms with E-state index >= 15 is 0 Å². The van der Waals surface area contributed by atoms with E-state index < -0.39 is 0 Å². The smallest absolute Gasteiger partial charge is 0.337 e. The second-order valence-corrected chi connectivity index (χ2v) is 4.05. The van der Waals surface area contributed by atoms with E-state index in [1.54, 1.807) is 6.92 Å². The Hall–Kier alpha value is -0.985. The van der Waals surface area contributed by atoms with Gasteiger partial charge in [-0.05, 0) is 31.3 Å². The zero-order valence-corrected chi connectivity index (χ0v) is 9.83. The van der Waals surface area contributed by atoms with E-state index in [1.165, 1.54) is 0 Å². The molecule has 2 radical (unpaired) electrons. The Labute approximate surface area is 92.8 Å². The molecule has 1 aliphatic rings. The number of allylic oxidation sites excluding steroid dienone is 2. The fraction of sp³-hybridized carbons (Fsp3) is 0.583. The molecule has 0 saturated carbocycles. The van der Waals surface area contributed by atoms with Gasteiger partial charge in [0, 0.05) is 0 Å². The van der Waals surface area contributed by atoms with Crippen LogP contribution in [0.4, 0.5) is 0 Å². The third-order valence-corrected chi connectivity index (χ3v) is 2.95. The van der Waals surface area contributed by atoms with Crippen LogP contribution in [0.1, 0.15) is 27.7 Å². The summed E-state index contributed by atoms with van der Waals surface area (Å²) in [4.78, 5) is 11.7. The second-order valence-electron chi connectivity index (χ2n) is 4.05. The molecular formula is C12H17BO2. The molecule has 3 heteroatoms. The number of rotatable bonds is 2. The van der Waals surface area contributed by atoms with E-state index in [1.807, 2.05) is 13.8 Å². The normalized spacial score (nSPS) is 26.3. The molecule has 0 aromatic rings. The average Bonchev–Trinajstić information content (AvgIpc) is 2.15. The van der Waals surface area contributed by atoms with Crippen LogP contribution in [-0.4, -0.2) is 20.4 Å². The minimum absolute atomic E-state index is 0.202. The van der Waals surface area contributed by atoms with Crippen molar-refractivity contribution in [1.82, 2.24) is 0 Å². The molecule has 0 N–H and O–H groups in total. The summed E-state index contributed by atoms with van der Waals surface area (Å²) in [6.45, 7) is 8.21. The van der Waals surface area contributed by atoms with Crippen molar-refractivity contribution >= 4 is 13.8 Å². The van der Waals surface area contributed by atoms with Gasteiger partial charge >= 0.3 is 5.97 Å². The highest BCUT2D eigenvalue weighted by atomic mass is 16.5. The Morgan fingerprint density at radius 2 is 2.13 bits per heavy atom. The molecule has 0 amide bonds. The first-order valence-corrected chi connectivity index (χ1v) is 5.34. The summed E-state index contributed by atoms with van der Waals surface area (Å²) in [6.07, 6.45) is 2.08. The zero-order valence-electron chi connectivity index (χ0n) is 9.83. The summed E-state index contributed by atoms with van der Waals surface area (Å²) < 4.78 is 4.99. The highest BCUT2D eigenvalue weighted by Crippen LogP contribution is 2.32. The van der Waals surface area contributed by atoms with E-state index in [0.717, 1.165) is 5.57 Å². The van der Waals surface area contributed by atoms with Crippen molar-refractivity contribution in [3.63, 3.8) is 0 Å². The van der Waals surface area contributed by atoms with Crippen LogP contribution in [0.15, 0.2) is 22.7 Å². The van der Waals surface area contributed by atoms with Crippen LogP contribution in [0.3, 0.4) is 0 Å². The first kappa shape index (κ1) is 12.1. The van der Waals surface area contributed by atoms with Gasteiger partial charge in [-0.15, -0.1) is 0 Å². The molecule has 2 nitrogen and oxygen atoms in total. The van der Waals surface area contributed by atoms with Gasteiger partial charge in [0.25, 0.3) is 0 Å². The van der Waals surface area contributed by atoms with Gasteiger partial charge in [0.1, 0.15) is 7.85 Å². The van der Waals surface area contributed by atoms with Crippen LogP contribution in [0.25, 0.3) is 0 Å². The predicted molar refractivity (Wildman–Crippen MR) is 61.5 cm³/mol. The molecule has 0 aromatic carbocycles. The number of esters is 1. The van der Waals surface area contributed by atoms with Gasteiger partial charge in [0.15, 0.2) is 0 Å². The largest absolute Gasteiger partial charge is 0.462 e. The first-order chi connectivity index (χ1) is 6.99. The Kier molecular flexibility index (Phi) is 3.78. The standard InChI is InChI=1S/C12H17BO2/c1-5-15-12(14)10-8(3)6-7(2)9(4)11(10)13/h6-7,9H,5H2,1-4H3. The quantitative estimate of drug-likeness (QED) is 0.509. The van der Waals surface area contributed by atoms with Crippen LogP contribution >= 0.6 is 0 Å². The second kappa shape index (κ2) is 4.69. The Balaban J connectivity index is 3.04. The monoisotopic (exact) mass is 204 g/mol.